The molecule has 32 heavy (non-hydrogen) atoms. The van der Waals surface area contributed by atoms with Gasteiger partial charge in [-0.05, 0) is 38.3 Å². The highest BCUT2D eigenvalue weighted by Gasteiger charge is 2.38. The number of carbonyl (C=O) groups is 2. The molecule has 1 unspecified atom stereocenters. The van der Waals surface area contributed by atoms with E-state index in [0.29, 0.717) is 23.6 Å². The number of aliphatic carboxylic acids is 1. The molecule has 1 amide bonds. The molecule has 9 nitrogen and oxygen atoms in total. The minimum atomic E-state index is -5.08. The van der Waals surface area contributed by atoms with Crippen molar-refractivity contribution in [2.75, 3.05) is 6.54 Å². The van der Waals surface area contributed by atoms with Crippen LogP contribution < -0.4 is 4.72 Å². The van der Waals surface area contributed by atoms with Gasteiger partial charge in [0, 0.05) is 12.6 Å². The number of fused-ring (bicyclic) bond motifs is 3. The molecule has 1 fully saturated rings. The molecule has 2 aliphatic heterocycles. The first-order valence-electron chi connectivity index (χ1n) is 9.70. The van der Waals surface area contributed by atoms with Crippen molar-refractivity contribution in [1.29, 1.82) is 0 Å². The Morgan fingerprint density at radius 3 is 2.50 bits per heavy atom. The first kappa shape index (κ1) is 23.7. The summed E-state index contributed by atoms with van der Waals surface area (Å²) in [7, 11) is -3.62. The molecule has 3 heterocycles. The number of carboxylic acid groups (broad SMARTS) is 1. The van der Waals surface area contributed by atoms with Crippen LogP contribution in [0.15, 0.2) is 35.5 Å². The van der Waals surface area contributed by atoms with Crippen molar-refractivity contribution in [3.05, 3.63) is 42.0 Å². The molecule has 13 heteroatoms. The van der Waals surface area contributed by atoms with Crippen molar-refractivity contribution in [1.82, 2.24) is 19.2 Å². The number of nitrogens with zero attached hydrogens (tertiary/aromatic N) is 3. The molecule has 2 N–H and O–H groups in total. The van der Waals surface area contributed by atoms with Crippen molar-refractivity contribution < 1.29 is 36.3 Å². The zero-order valence-corrected chi connectivity index (χ0v) is 17.8. The number of amides is 1. The Morgan fingerprint density at radius 1 is 1.22 bits per heavy atom. The standard InChI is InChI=1S/C17H20N4O3S.C2HF3O2/c1-12-6-4-5-9-20(12)17(22)16-14-10-19-25(23,24)15-8-3-2-7-13(15)21(14)11-18-16;3-2(4,5)1(6)7/h2-3,7-8,11-12,19H,4-6,9-10H2,1H3;(H,6,7). The second-order valence-electron chi connectivity index (χ2n) is 7.35. The molecule has 1 atom stereocenters. The first-order chi connectivity index (χ1) is 14.9. The van der Waals surface area contributed by atoms with Crippen molar-refractivity contribution in [3.63, 3.8) is 0 Å². The van der Waals surface area contributed by atoms with Gasteiger partial charge in [0.2, 0.25) is 10.0 Å². The number of imidazole rings is 1. The normalized spacial score (nSPS) is 19.6. The third kappa shape index (κ3) is 4.78. The Labute approximate surface area is 181 Å². The van der Waals surface area contributed by atoms with E-state index in [2.05, 4.69) is 9.71 Å². The van der Waals surface area contributed by atoms with Crippen molar-refractivity contribution >= 4 is 21.9 Å². The van der Waals surface area contributed by atoms with Crippen LogP contribution in [0.5, 0.6) is 0 Å². The summed E-state index contributed by atoms with van der Waals surface area (Å²) in [6, 6.07) is 6.91. The van der Waals surface area contributed by atoms with E-state index in [-0.39, 0.29) is 23.4 Å². The van der Waals surface area contributed by atoms with Gasteiger partial charge in [-0.3, -0.25) is 9.36 Å². The molecule has 0 aliphatic carbocycles. The van der Waals surface area contributed by atoms with E-state index in [4.69, 9.17) is 9.90 Å². The van der Waals surface area contributed by atoms with Gasteiger partial charge in [0.1, 0.15) is 11.2 Å². The van der Waals surface area contributed by atoms with Crippen LogP contribution in [-0.4, -0.2) is 58.6 Å². The zero-order valence-electron chi connectivity index (χ0n) is 17.0. The average Bonchev–Trinajstić information content (AvgIpc) is 3.11. The number of rotatable bonds is 1. The summed E-state index contributed by atoms with van der Waals surface area (Å²) >= 11 is 0. The molecule has 0 saturated carbocycles. The Hall–Kier alpha value is -2.93. The summed E-state index contributed by atoms with van der Waals surface area (Å²) < 4.78 is 60.9. The Kier molecular flexibility index (Phi) is 6.60. The quantitative estimate of drug-likeness (QED) is 0.654. The van der Waals surface area contributed by atoms with Gasteiger partial charge < -0.3 is 10.0 Å². The van der Waals surface area contributed by atoms with Crippen molar-refractivity contribution in [3.8, 4) is 5.69 Å². The molecule has 2 aromatic rings. The fourth-order valence-electron chi connectivity index (χ4n) is 3.59. The molecule has 2 aliphatic rings. The number of hydrogen-bond acceptors (Lipinski definition) is 5. The second kappa shape index (κ2) is 8.90. The molecular formula is C19H21F3N4O5S. The minimum absolute atomic E-state index is 0.0420. The van der Waals surface area contributed by atoms with Crippen LogP contribution in [-0.2, 0) is 21.4 Å². The van der Waals surface area contributed by atoms with E-state index in [9.17, 15) is 26.4 Å². The third-order valence-corrected chi connectivity index (χ3v) is 6.67. The Morgan fingerprint density at radius 2 is 1.88 bits per heavy atom. The summed E-state index contributed by atoms with van der Waals surface area (Å²) in [5.74, 6) is -2.88. The van der Waals surface area contributed by atoms with Gasteiger partial charge in [0.25, 0.3) is 5.91 Å². The maximum absolute atomic E-state index is 13.0. The largest absolute Gasteiger partial charge is 0.490 e. The number of benzene rings is 1. The smallest absolute Gasteiger partial charge is 0.475 e. The summed E-state index contributed by atoms with van der Waals surface area (Å²) in [4.78, 5) is 28.3. The van der Waals surface area contributed by atoms with E-state index >= 15 is 0 Å². The second-order valence-corrected chi connectivity index (χ2v) is 9.08. The van der Waals surface area contributed by atoms with Gasteiger partial charge >= 0.3 is 12.1 Å². The van der Waals surface area contributed by atoms with Crippen LogP contribution in [0.3, 0.4) is 0 Å². The molecule has 0 radical (unpaired) electrons. The minimum Gasteiger partial charge on any atom is -0.475 e. The number of piperidine rings is 1. The molecule has 0 bridgehead atoms. The third-order valence-electron chi connectivity index (χ3n) is 5.22. The molecule has 4 rings (SSSR count). The highest BCUT2D eigenvalue weighted by atomic mass is 32.2. The fourth-order valence-corrected chi connectivity index (χ4v) is 4.77. The van der Waals surface area contributed by atoms with E-state index in [1.54, 1.807) is 35.2 Å². The van der Waals surface area contributed by atoms with Gasteiger partial charge in [-0.25, -0.2) is 22.9 Å². The SMILES string of the molecule is CC1CCCCN1C(=O)c1ncn2c1CNS(=O)(=O)c1ccccc1-2.O=C(O)C(F)(F)F. The highest BCUT2D eigenvalue weighted by molar-refractivity contribution is 7.89. The number of sulfonamides is 1. The lowest BCUT2D eigenvalue weighted by atomic mass is 10.0. The number of para-hydroxylation sites is 1. The summed E-state index contributed by atoms with van der Waals surface area (Å²) in [6.45, 7) is 2.80. The number of nitrogens with one attached hydrogen (secondary N) is 1. The maximum Gasteiger partial charge on any atom is 0.490 e. The number of carbonyl (C=O) groups excluding carboxylic acids is 1. The van der Waals surface area contributed by atoms with Crippen LogP contribution in [0.25, 0.3) is 5.69 Å². The predicted molar refractivity (Wildman–Crippen MR) is 106 cm³/mol. The number of halogens is 3. The van der Waals surface area contributed by atoms with Crippen molar-refractivity contribution in [2.24, 2.45) is 0 Å². The number of likely N-dealkylation sites (tertiary alicyclic amines) is 1. The molecule has 1 aromatic carbocycles. The van der Waals surface area contributed by atoms with Crippen LogP contribution in [0, 0.1) is 0 Å². The summed E-state index contributed by atoms with van der Waals surface area (Å²) in [6.07, 6.45) is -0.448. The fraction of sp³-hybridized carbons (Fsp3) is 0.421. The number of aromatic nitrogens is 2. The molecule has 174 valence electrons. The van der Waals surface area contributed by atoms with E-state index in [1.807, 2.05) is 11.8 Å². The van der Waals surface area contributed by atoms with Crippen LogP contribution in [0.2, 0.25) is 0 Å². The lowest BCUT2D eigenvalue weighted by Gasteiger charge is -2.33. The molecular weight excluding hydrogens is 453 g/mol. The lowest BCUT2D eigenvalue weighted by Crippen LogP contribution is -2.42. The Balaban J connectivity index is 0.000000360. The average molecular weight is 474 g/mol. The highest BCUT2D eigenvalue weighted by Crippen LogP contribution is 2.27. The number of carboxylic acids is 1. The van der Waals surface area contributed by atoms with Crippen LogP contribution in [0.4, 0.5) is 13.2 Å². The molecule has 0 spiro atoms. The van der Waals surface area contributed by atoms with E-state index in [1.165, 1.54) is 0 Å². The van der Waals surface area contributed by atoms with Gasteiger partial charge in [-0.1, -0.05) is 12.1 Å². The van der Waals surface area contributed by atoms with Crippen LogP contribution in [0.1, 0.15) is 42.4 Å². The van der Waals surface area contributed by atoms with Gasteiger partial charge in [0.15, 0.2) is 5.69 Å². The molecule has 1 aromatic heterocycles. The molecule has 1 saturated heterocycles. The van der Waals surface area contributed by atoms with Crippen LogP contribution >= 0.6 is 0 Å². The number of alkyl halides is 3. The summed E-state index contributed by atoms with van der Waals surface area (Å²) in [5.41, 5.74) is 1.42. The van der Waals surface area contributed by atoms with Gasteiger partial charge in [-0.2, -0.15) is 13.2 Å². The van der Waals surface area contributed by atoms with Gasteiger partial charge in [-0.15, -0.1) is 0 Å². The Bertz CT molecular complexity index is 1130. The zero-order chi connectivity index (χ0) is 23.7. The van der Waals surface area contributed by atoms with E-state index < -0.39 is 22.2 Å². The topological polar surface area (TPSA) is 122 Å². The van der Waals surface area contributed by atoms with Gasteiger partial charge in [0.05, 0.1) is 17.9 Å². The summed E-state index contributed by atoms with van der Waals surface area (Å²) in [5, 5.41) is 7.12. The number of hydrogen-bond donors (Lipinski definition) is 2. The lowest BCUT2D eigenvalue weighted by molar-refractivity contribution is -0.192. The predicted octanol–water partition coefficient (Wildman–Crippen LogP) is 2.31. The maximum atomic E-state index is 13.0. The van der Waals surface area contributed by atoms with E-state index in [0.717, 1.165) is 19.3 Å². The monoisotopic (exact) mass is 474 g/mol. The first-order valence-corrected chi connectivity index (χ1v) is 11.2. The van der Waals surface area contributed by atoms with Crippen molar-refractivity contribution in [2.45, 2.75) is 49.8 Å².